The van der Waals surface area contributed by atoms with Crippen molar-refractivity contribution in [1.82, 2.24) is 20.1 Å². The number of aromatic nitrogens is 3. The van der Waals surface area contributed by atoms with Crippen LogP contribution in [0, 0.1) is 0 Å². The number of aryl methyl sites for hydroxylation is 1. The van der Waals surface area contributed by atoms with Crippen molar-refractivity contribution in [2.45, 2.75) is 13.0 Å². The summed E-state index contributed by atoms with van der Waals surface area (Å²) in [6.45, 7) is 1.71. The average molecular weight is 338 g/mol. The van der Waals surface area contributed by atoms with E-state index in [1.165, 1.54) is 0 Å². The zero-order chi connectivity index (χ0) is 17.1. The Labute approximate surface area is 144 Å². The summed E-state index contributed by atoms with van der Waals surface area (Å²) in [7, 11) is 0. The lowest BCUT2D eigenvalue weighted by Crippen LogP contribution is -2.25. The fraction of sp³-hybridized carbons (Fsp3) is 0.222. The van der Waals surface area contributed by atoms with Crippen LogP contribution >= 0.6 is 0 Å². The first-order valence-corrected chi connectivity index (χ1v) is 8.14. The van der Waals surface area contributed by atoms with E-state index in [1.807, 2.05) is 42.7 Å². The number of benzene rings is 1. The van der Waals surface area contributed by atoms with Crippen molar-refractivity contribution in [2.24, 2.45) is 0 Å². The number of nitrogens with zero attached hydrogens (tertiary/aromatic N) is 2. The molecule has 1 aromatic carbocycles. The Morgan fingerprint density at radius 2 is 2.04 bits per heavy atom. The Bertz CT molecular complexity index is 870. The van der Waals surface area contributed by atoms with Gasteiger partial charge in [0.2, 0.25) is 6.79 Å². The molecule has 2 N–H and O–H groups in total. The maximum atomic E-state index is 12.2. The summed E-state index contributed by atoms with van der Waals surface area (Å²) >= 11 is 0. The first-order chi connectivity index (χ1) is 12.3. The van der Waals surface area contributed by atoms with Crippen molar-refractivity contribution in [1.29, 1.82) is 0 Å². The summed E-state index contributed by atoms with van der Waals surface area (Å²) in [5.41, 5.74) is 2.00. The van der Waals surface area contributed by atoms with Gasteiger partial charge in [-0.25, -0.2) is 0 Å². The highest BCUT2D eigenvalue weighted by molar-refractivity contribution is 5.93. The fourth-order valence-electron chi connectivity index (χ4n) is 2.72. The summed E-state index contributed by atoms with van der Waals surface area (Å²) in [6, 6.07) is 11.3. The first kappa shape index (κ1) is 15.3. The number of carbonyl (C=O) groups excluding carboxylic acids is 1. The van der Waals surface area contributed by atoms with Crippen LogP contribution < -0.4 is 14.8 Å². The van der Waals surface area contributed by atoms with Crippen LogP contribution in [0.4, 0.5) is 0 Å². The van der Waals surface area contributed by atoms with Gasteiger partial charge in [0, 0.05) is 31.0 Å². The maximum Gasteiger partial charge on any atom is 0.269 e. The van der Waals surface area contributed by atoms with Crippen molar-refractivity contribution in [3.63, 3.8) is 0 Å². The summed E-state index contributed by atoms with van der Waals surface area (Å²) in [5, 5.41) is 9.90. The number of fused-ring (bicyclic) bond motifs is 1. The molecule has 0 bridgehead atoms. The molecule has 7 nitrogen and oxygen atoms in total. The van der Waals surface area contributed by atoms with Crippen molar-refractivity contribution < 1.29 is 14.3 Å². The molecule has 0 radical (unpaired) electrons. The van der Waals surface area contributed by atoms with Gasteiger partial charge in [-0.05, 0) is 42.8 Å². The molecular formula is C18H18N4O3. The van der Waals surface area contributed by atoms with Crippen LogP contribution in [-0.4, -0.2) is 34.0 Å². The molecule has 128 valence electrons. The first-order valence-electron chi connectivity index (χ1n) is 8.14. The number of ether oxygens (including phenoxy) is 2. The number of hydrogen-bond acceptors (Lipinski definition) is 4. The predicted octanol–water partition coefficient (Wildman–Crippen LogP) is 2.43. The summed E-state index contributed by atoms with van der Waals surface area (Å²) < 4.78 is 12.8. The van der Waals surface area contributed by atoms with E-state index in [0.29, 0.717) is 23.7 Å². The van der Waals surface area contributed by atoms with Crippen molar-refractivity contribution in [3.05, 3.63) is 54.5 Å². The highest BCUT2D eigenvalue weighted by Gasteiger charge is 2.16. The normalized spacial score (nSPS) is 12.3. The molecule has 0 atom stereocenters. The minimum atomic E-state index is -0.160. The molecule has 0 aliphatic carbocycles. The van der Waals surface area contributed by atoms with Gasteiger partial charge < -0.3 is 19.4 Å². The molecule has 25 heavy (non-hydrogen) atoms. The Morgan fingerprint density at radius 3 is 2.92 bits per heavy atom. The molecule has 3 aromatic rings. The smallest absolute Gasteiger partial charge is 0.269 e. The molecule has 0 spiro atoms. The van der Waals surface area contributed by atoms with Crippen LogP contribution in [-0.2, 0) is 6.54 Å². The van der Waals surface area contributed by atoms with Gasteiger partial charge in [-0.15, -0.1) is 0 Å². The van der Waals surface area contributed by atoms with Crippen molar-refractivity contribution in [3.8, 4) is 22.8 Å². The highest BCUT2D eigenvalue weighted by Crippen LogP contribution is 2.35. The van der Waals surface area contributed by atoms with Gasteiger partial charge in [0.25, 0.3) is 5.91 Å². The zero-order valence-electron chi connectivity index (χ0n) is 13.6. The number of aromatic amines is 1. The Balaban J connectivity index is 1.35. The molecule has 3 heterocycles. The summed E-state index contributed by atoms with van der Waals surface area (Å²) in [4.78, 5) is 12.2. The second kappa shape index (κ2) is 6.72. The van der Waals surface area contributed by atoms with Gasteiger partial charge in [-0.2, -0.15) is 5.10 Å². The Kier molecular flexibility index (Phi) is 4.12. The quantitative estimate of drug-likeness (QED) is 0.677. The summed E-state index contributed by atoms with van der Waals surface area (Å²) in [6.07, 6.45) is 4.88. The van der Waals surface area contributed by atoms with Crippen LogP contribution in [0.5, 0.6) is 11.5 Å². The van der Waals surface area contributed by atoms with E-state index in [4.69, 9.17) is 9.47 Å². The maximum absolute atomic E-state index is 12.2. The monoisotopic (exact) mass is 338 g/mol. The molecule has 0 saturated heterocycles. The van der Waals surface area contributed by atoms with E-state index in [2.05, 4.69) is 20.1 Å². The highest BCUT2D eigenvalue weighted by atomic mass is 16.7. The van der Waals surface area contributed by atoms with E-state index in [0.717, 1.165) is 24.3 Å². The van der Waals surface area contributed by atoms with E-state index >= 15 is 0 Å². The fourth-order valence-corrected chi connectivity index (χ4v) is 2.72. The summed E-state index contributed by atoms with van der Waals surface area (Å²) in [5.74, 6) is 1.25. The van der Waals surface area contributed by atoms with Crippen molar-refractivity contribution in [2.75, 3.05) is 13.3 Å². The van der Waals surface area contributed by atoms with Crippen LogP contribution in [0.25, 0.3) is 11.3 Å². The van der Waals surface area contributed by atoms with E-state index in [9.17, 15) is 4.79 Å². The van der Waals surface area contributed by atoms with Crippen molar-refractivity contribution >= 4 is 5.91 Å². The van der Waals surface area contributed by atoms with Gasteiger partial charge in [-0.1, -0.05) is 0 Å². The molecule has 4 rings (SSSR count). The third kappa shape index (κ3) is 3.35. The topological polar surface area (TPSA) is 81.2 Å². The molecule has 0 fully saturated rings. The SMILES string of the molecule is O=C(NCCCn1cccc1)c1cc(-c2ccc3c(c2)OCO3)n[nH]1. The second-order valence-electron chi connectivity index (χ2n) is 5.77. The molecular weight excluding hydrogens is 320 g/mol. The van der Waals surface area contributed by atoms with E-state index < -0.39 is 0 Å². The van der Waals surface area contributed by atoms with Crippen LogP contribution in [0.1, 0.15) is 16.9 Å². The number of rotatable bonds is 6. The zero-order valence-corrected chi connectivity index (χ0v) is 13.6. The van der Waals surface area contributed by atoms with Gasteiger partial charge in [0.05, 0.1) is 5.69 Å². The van der Waals surface area contributed by atoms with E-state index in [-0.39, 0.29) is 12.7 Å². The van der Waals surface area contributed by atoms with Gasteiger partial charge in [0.1, 0.15) is 5.69 Å². The minimum Gasteiger partial charge on any atom is -0.454 e. The Morgan fingerprint density at radius 1 is 1.20 bits per heavy atom. The Hall–Kier alpha value is -3.22. The number of carbonyl (C=O) groups is 1. The molecule has 2 aromatic heterocycles. The molecule has 7 heteroatoms. The molecule has 1 aliphatic heterocycles. The van der Waals surface area contributed by atoms with Crippen LogP contribution in [0.3, 0.4) is 0 Å². The average Bonchev–Trinajstić information content (AvgIpc) is 3.39. The minimum absolute atomic E-state index is 0.160. The lowest BCUT2D eigenvalue weighted by Gasteiger charge is -2.04. The molecule has 1 aliphatic rings. The number of H-pyrrole nitrogens is 1. The van der Waals surface area contributed by atoms with Crippen LogP contribution in [0.2, 0.25) is 0 Å². The van der Waals surface area contributed by atoms with Gasteiger partial charge in [0.15, 0.2) is 11.5 Å². The standard InChI is InChI=1S/C18H18N4O3/c23-18(19-6-3-9-22-7-1-2-8-22)15-11-14(20-21-15)13-4-5-16-17(10-13)25-12-24-16/h1-2,4-5,7-8,10-11H,3,6,9,12H2,(H,19,23)(H,20,21). The molecule has 0 saturated carbocycles. The lowest BCUT2D eigenvalue weighted by molar-refractivity contribution is 0.0947. The van der Waals surface area contributed by atoms with Gasteiger partial charge in [-0.3, -0.25) is 9.89 Å². The number of amides is 1. The van der Waals surface area contributed by atoms with Crippen LogP contribution in [0.15, 0.2) is 48.8 Å². The third-order valence-corrected chi connectivity index (χ3v) is 4.04. The number of nitrogens with one attached hydrogen (secondary N) is 2. The molecule has 0 unspecified atom stereocenters. The second-order valence-corrected chi connectivity index (χ2v) is 5.77. The largest absolute Gasteiger partial charge is 0.454 e. The number of hydrogen-bond donors (Lipinski definition) is 2. The van der Waals surface area contributed by atoms with Gasteiger partial charge >= 0.3 is 0 Å². The molecule has 1 amide bonds. The van der Waals surface area contributed by atoms with E-state index in [1.54, 1.807) is 6.07 Å². The third-order valence-electron chi connectivity index (χ3n) is 4.04. The lowest BCUT2D eigenvalue weighted by atomic mass is 10.1. The predicted molar refractivity (Wildman–Crippen MR) is 91.5 cm³/mol.